The van der Waals surface area contributed by atoms with E-state index >= 15 is 0 Å². The van der Waals surface area contributed by atoms with Crippen molar-refractivity contribution in [1.82, 2.24) is 5.32 Å². The molecule has 0 aromatic heterocycles. The zero-order valence-corrected chi connectivity index (χ0v) is 21.1. The number of ether oxygens (including phenoxy) is 1. The van der Waals surface area contributed by atoms with Gasteiger partial charge in [0, 0.05) is 17.5 Å². The largest absolute Gasteiger partial charge is 0.490 e. The Morgan fingerprint density at radius 2 is 1.78 bits per heavy atom. The Hall–Kier alpha value is -3.63. The Morgan fingerprint density at radius 3 is 2.61 bits per heavy atom. The van der Waals surface area contributed by atoms with Crippen LogP contribution in [0.25, 0.3) is 10.8 Å². The minimum Gasteiger partial charge on any atom is -0.490 e. The normalized spacial score (nSPS) is 17.9. The lowest BCUT2D eigenvalue weighted by atomic mass is 9.81. The van der Waals surface area contributed by atoms with Crippen LogP contribution in [-0.2, 0) is 0 Å². The van der Waals surface area contributed by atoms with Gasteiger partial charge >= 0.3 is 5.97 Å². The number of rotatable bonds is 7. The average molecular weight is 480 g/mol. The van der Waals surface area contributed by atoms with Gasteiger partial charge in [0.05, 0.1) is 5.56 Å². The first kappa shape index (κ1) is 24.1. The molecule has 4 aromatic carbocycles. The number of carbonyl (C=O) groups is 1. The number of para-hydroxylation sites is 1. The summed E-state index contributed by atoms with van der Waals surface area (Å²) in [5.74, 6) is 0.129. The second-order valence-electron chi connectivity index (χ2n) is 9.91. The maximum atomic E-state index is 11.9. The third-order valence-corrected chi connectivity index (χ3v) is 7.62. The smallest absolute Gasteiger partial charge is 0.335 e. The summed E-state index contributed by atoms with van der Waals surface area (Å²) in [4.78, 5) is 11.9. The molecule has 0 unspecified atom stereocenters. The minimum atomic E-state index is -0.874. The van der Waals surface area contributed by atoms with Crippen molar-refractivity contribution < 1.29 is 14.6 Å². The highest BCUT2D eigenvalue weighted by Crippen LogP contribution is 2.42. The first-order valence-corrected chi connectivity index (χ1v) is 12.7. The SMILES string of the molecule is Cc1cc([C@H]2C[C@@H](CCN[C@H](C)c3cccc4ccccc34)Oc3ccccc32)cc(C(=O)O)c1C. The van der Waals surface area contributed by atoms with E-state index in [1.807, 2.05) is 38.1 Å². The Kier molecular flexibility index (Phi) is 6.80. The van der Waals surface area contributed by atoms with Crippen molar-refractivity contribution in [2.24, 2.45) is 0 Å². The van der Waals surface area contributed by atoms with Crippen LogP contribution in [-0.4, -0.2) is 23.7 Å². The van der Waals surface area contributed by atoms with E-state index in [0.29, 0.717) is 5.56 Å². The van der Waals surface area contributed by atoms with E-state index in [1.54, 1.807) is 0 Å². The molecule has 184 valence electrons. The molecule has 0 saturated carbocycles. The number of aromatic carboxylic acids is 1. The first-order chi connectivity index (χ1) is 17.4. The maximum absolute atomic E-state index is 11.9. The third kappa shape index (κ3) is 4.74. The predicted molar refractivity (Wildman–Crippen MR) is 145 cm³/mol. The molecular formula is C32H33NO3. The highest BCUT2D eigenvalue weighted by molar-refractivity contribution is 5.90. The van der Waals surface area contributed by atoms with Crippen LogP contribution in [0.15, 0.2) is 78.9 Å². The van der Waals surface area contributed by atoms with Crippen molar-refractivity contribution in [3.05, 3.63) is 112 Å². The summed E-state index contributed by atoms with van der Waals surface area (Å²) in [6, 6.07) is 27.4. The van der Waals surface area contributed by atoms with Gasteiger partial charge in [-0.1, -0.05) is 66.7 Å². The van der Waals surface area contributed by atoms with Gasteiger partial charge in [0.2, 0.25) is 0 Å². The fraction of sp³-hybridized carbons (Fsp3) is 0.281. The molecule has 0 aliphatic carbocycles. The Bertz CT molecular complexity index is 1400. The number of carboxylic acids is 1. The molecule has 0 bridgehead atoms. The molecule has 4 heteroatoms. The van der Waals surface area contributed by atoms with E-state index in [1.165, 1.54) is 16.3 Å². The zero-order chi connectivity index (χ0) is 25.2. The molecule has 36 heavy (non-hydrogen) atoms. The fourth-order valence-electron chi connectivity index (χ4n) is 5.50. The van der Waals surface area contributed by atoms with Crippen LogP contribution in [0.3, 0.4) is 0 Å². The summed E-state index contributed by atoms with van der Waals surface area (Å²) < 4.78 is 6.42. The highest BCUT2D eigenvalue weighted by Gasteiger charge is 2.30. The molecule has 0 spiro atoms. The van der Waals surface area contributed by atoms with E-state index in [2.05, 4.69) is 66.8 Å². The van der Waals surface area contributed by atoms with Crippen LogP contribution < -0.4 is 10.1 Å². The van der Waals surface area contributed by atoms with Gasteiger partial charge in [-0.3, -0.25) is 0 Å². The topological polar surface area (TPSA) is 58.6 Å². The van der Waals surface area contributed by atoms with Gasteiger partial charge in [-0.15, -0.1) is 0 Å². The first-order valence-electron chi connectivity index (χ1n) is 12.7. The lowest BCUT2D eigenvalue weighted by molar-refractivity contribution is 0.0696. The second kappa shape index (κ2) is 10.2. The fourth-order valence-corrected chi connectivity index (χ4v) is 5.50. The van der Waals surface area contributed by atoms with Crippen molar-refractivity contribution in [1.29, 1.82) is 0 Å². The van der Waals surface area contributed by atoms with Gasteiger partial charge in [-0.25, -0.2) is 4.79 Å². The summed E-state index contributed by atoms with van der Waals surface area (Å²) in [6.07, 6.45) is 1.74. The summed E-state index contributed by atoms with van der Waals surface area (Å²) in [7, 11) is 0. The number of hydrogen-bond donors (Lipinski definition) is 2. The van der Waals surface area contributed by atoms with Gasteiger partial charge in [-0.2, -0.15) is 0 Å². The summed E-state index contributed by atoms with van der Waals surface area (Å²) >= 11 is 0. The molecule has 0 radical (unpaired) electrons. The quantitative estimate of drug-likeness (QED) is 0.295. The Balaban J connectivity index is 1.34. The molecule has 5 rings (SSSR count). The molecule has 1 aliphatic heterocycles. The number of hydrogen-bond acceptors (Lipinski definition) is 3. The number of benzene rings is 4. The van der Waals surface area contributed by atoms with Crippen LogP contribution in [0.5, 0.6) is 5.75 Å². The summed E-state index contributed by atoms with van der Waals surface area (Å²) in [5, 5.41) is 16.0. The molecule has 0 saturated heterocycles. The summed E-state index contributed by atoms with van der Waals surface area (Å²) in [5.41, 5.74) is 5.71. The maximum Gasteiger partial charge on any atom is 0.335 e. The lowest BCUT2D eigenvalue weighted by Gasteiger charge is -2.33. The minimum absolute atomic E-state index is 0.0482. The van der Waals surface area contributed by atoms with E-state index in [4.69, 9.17) is 4.74 Å². The molecule has 1 aliphatic rings. The van der Waals surface area contributed by atoms with Gasteiger partial charge in [0.15, 0.2) is 0 Å². The van der Waals surface area contributed by atoms with Crippen LogP contribution >= 0.6 is 0 Å². The van der Waals surface area contributed by atoms with Gasteiger partial charge in [0.1, 0.15) is 11.9 Å². The van der Waals surface area contributed by atoms with Crippen LogP contribution in [0.1, 0.15) is 69.9 Å². The molecular weight excluding hydrogens is 446 g/mol. The Morgan fingerprint density at radius 1 is 1.03 bits per heavy atom. The number of carboxylic acid groups (broad SMARTS) is 1. The molecule has 0 amide bonds. The summed E-state index contributed by atoms with van der Waals surface area (Å²) in [6.45, 7) is 6.92. The molecule has 3 atom stereocenters. The van der Waals surface area contributed by atoms with E-state index in [0.717, 1.165) is 47.4 Å². The molecule has 0 fully saturated rings. The van der Waals surface area contributed by atoms with Crippen molar-refractivity contribution in [3.63, 3.8) is 0 Å². The number of nitrogens with one attached hydrogen (secondary N) is 1. The van der Waals surface area contributed by atoms with Crippen LogP contribution in [0.4, 0.5) is 0 Å². The average Bonchev–Trinajstić information content (AvgIpc) is 2.89. The van der Waals surface area contributed by atoms with Gasteiger partial charge < -0.3 is 15.2 Å². The van der Waals surface area contributed by atoms with Gasteiger partial charge in [0.25, 0.3) is 0 Å². The van der Waals surface area contributed by atoms with Crippen molar-refractivity contribution >= 4 is 16.7 Å². The van der Waals surface area contributed by atoms with Gasteiger partial charge in [-0.05, 0) is 85.3 Å². The van der Waals surface area contributed by atoms with Crippen molar-refractivity contribution in [2.75, 3.05) is 6.54 Å². The molecule has 4 nitrogen and oxygen atoms in total. The van der Waals surface area contributed by atoms with E-state index < -0.39 is 5.97 Å². The lowest BCUT2D eigenvalue weighted by Crippen LogP contribution is -2.31. The third-order valence-electron chi connectivity index (χ3n) is 7.62. The van der Waals surface area contributed by atoms with E-state index in [9.17, 15) is 9.90 Å². The second-order valence-corrected chi connectivity index (χ2v) is 9.91. The van der Waals surface area contributed by atoms with Crippen molar-refractivity contribution in [2.45, 2.75) is 51.7 Å². The molecule has 4 aromatic rings. The molecule has 2 N–H and O–H groups in total. The molecule has 1 heterocycles. The predicted octanol–water partition coefficient (Wildman–Crippen LogP) is 7.18. The van der Waals surface area contributed by atoms with Crippen LogP contribution in [0.2, 0.25) is 0 Å². The van der Waals surface area contributed by atoms with Crippen molar-refractivity contribution in [3.8, 4) is 5.75 Å². The monoisotopic (exact) mass is 479 g/mol. The zero-order valence-electron chi connectivity index (χ0n) is 21.1. The van der Waals surface area contributed by atoms with E-state index in [-0.39, 0.29) is 18.1 Å². The number of aryl methyl sites for hydroxylation is 1. The van der Waals surface area contributed by atoms with Crippen LogP contribution in [0, 0.1) is 13.8 Å². The number of fused-ring (bicyclic) bond motifs is 2. The Labute approximate surface area is 212 Å². The standard InChI is InChI=1S/C32H33NO3/c1-20-17-24(18-29(21(20)2)32(34)35)30-19-25(36-31-14-7-6-12-28(30)31)15-16-33-22(3)26-13-8-10-23-9-4-5-11-27(23)26/h4-14,17-18,22,25,30,33H,15-16,19H2,1-3H3,(H,34,35)/t22-,25-,30-/m1/s1. The highest BCUT2D eigenvalue weighted by atomic mass is 16.5.